The summed E-state index contributed by atoms with van der Waals surface area (Å²) in [7, 11) is 1.60. The molecule has 18 heavy (non-hydrogen) atoms. The summed E-state index contributed by atoms with van der Waals surface area (Å²) in [6, 6.07) is 0. The number of amides is 1. The van der Waals surface area contributed by atoms with Crippen LogP contribution in [0, 0.1) is 0 Å². The van der Waals surface area contributed by atoms with Gasteiger partial charge >= 0.3 is 6.09 Å². The minimum absolute atomic E-state index is 0.0349. The number of nitrogens with one attached hydrogen (secondary N) is 1. The minimum Gasteiger partial charge on any atom is -0.450 e. The van der Waals surface area contributed by atoms with Gasteiger partial charge in [-0.3, -0.25) is 4.79 Å². The van der Waals surface area contributed by atoms with Crippen molar-refractivity contribution in [3.05, 3.63) is 24.3 Å². The number of carbonyl (C=O) groups is 2. The van der Waals surface area contributed by atoms with E-state index in [1.54, 1.807) is 26.2 Å². The molecular weight excluding hydrogens is 234 g/mol. The fourth-order valence-corrected chi connectivity index (χ4v) is 1.70. The molecule has 1 rings (SSSR count). The van der Waals surface area contributed by atoms with Crippen molar-refractivity contribution in [3.8, 4) is 0 Å². The topological polar surface area (TPSA) is 64.6 Å². The third-order valence-electron chi connectivity index (χ3n) is 2.73. The molecule has 0 unspecified atom stereocenters. The van der Waals surface area contributed by atoms with Crippen LogP contribution in [0.15, 0.2) is 24.3 Å². The van der Waals surface area contributed by atoms with Gasteiger partial charge in [-0.2, -0.15) is 0 Å². The van der Waals surface area contributed by atoms with E-state index < -0.39 is 11.7 Å². The van der Waals surface area contributed by atoms with E-state index in [0.717, 1.165) is 6.42 Å². The summed E-state index contributed by atoms with van der Waals surface area (Å²) in [5, 5.41) is 2.64. The molecule has 1 aliphatic carbocycles. The Hall–Kier alpha value is -1.62. The van der Waals surface area contributed by atoms with Crippen LogP contribution in [0.25, 0.3) is 0 Å². The second kappa shape index (κ2) is 6.96. The zero-order valence-electron chi connectivity index (χ0n) is 10.8. The van der Waals surface area contributed by atoms with E-state index in [-0.39, 0.29) is 5.78 Å². The lowest BCUT2D eigenvalue weighted by atomic mass is 9.92. The third-order valence-corrected chi connectivity index (χ3v) is 2.73. The number of alkyl carbamates (subject to hydrolysis) is 1. The number of allylic oxidation sites excluding steroid dienone is 2. The number of hydrogen-bond acceptors (Lipinski definition) is 4. The van der Waals surface area contributed by atoms with Crippen molar-refractivity contribution in [2.24, 2.45) is 0 Å². The molecule has 0 aromatic heterocycles. The highest BCUT2D eigenvalue weighted by atomic mass is 16.5. The molecule has 0 saturated heterocycles. The van der Waals surface area contributed by atoms with E-state index >= 15 is 0 Å². The van der Waals surface area contributed by atoms with Gasteiger partial charge in [0.15, 0.2) is 5.78 Å². The fourth-order valence-electron chi connectivity index (χ4n) is 1.70. The summed E-state index contributed by atoms with van der Waals surface area (Å²) < 4.78 is 10.2. The number of rotatable bonds is 6. The van der Waals surface area contributed by atoms with E-state index in [2.05, 4.69) is 5.32 Å². The van der Waals surface area contributed by atoms with Crippen LogP contribution < -0.4 is 5.32 Å². The first-order valence-electron chi connectivity index (χ1n) is 6.00. The normalized spacial score (nSPS) is 16.7. The molecule has 0 spiro atoms. The predicted octanol–water partition coefficient (Wildman–Crippen LogP) is 1.59. The van der Waals surface area contributed by atoms with Crippen molar-refractivity contribution >= 4 is 11.9 Å². The van der Waals surface area contributed by atoms with E-state index in [0.29, 0.717) is 19.6 Å². The summed E-state index contributed by atoms with van der Waals surface area (Å²) in [4.78, 5) is 22.1. The molecule has 0 aromatic rings. The first-order chi connectivity index (χ1) is 8.62. The lowest BCUT2D eigenvalue weighted by Gasteiger charge is -2.27. The van der Waals surface area contributed by atoms with Crippen LogP contribution in [0.1, 0.15) is 19.8 Å². The third kappa shape index (κ3) is 4.33. The van der Waals surface area contributed by atoms with Gasteiger partial charge in [0.25, 0.3) is 0 Å². The van der Waals surface area contributed by atoms with Gasteiger partial charge in [0.05, 0.1) is 6.61 Å². The van der Waals surface area contributed by atoms with Crippen molar-refractivity contribution in [2.45, 2.75) is 25.4 Å². The molecule has 0 atom stereocenters. The van der Waals surface area contributed by atoms with Crippen LogP contribution in [0.2, 0.25) is 0 Å². The van der Waals surface area contributed by atoms with Gasteiger partial charge in [0.2, 0.25) is 0 Å². The van der Waals surface area contributed by atoms with Crippen LogP contribution in [0.4, 0.5) is 4.79 Å². The van der Waals surface area contributed by atoms with Gasteiger partial charge < -0.3 is 14.8 Å². The molecule has 0 radical (unpaired) electrons. The zero-order valence-corrected chi connectivity index (χ0v) is 10.8. The predicted molar refractivity (Wildman–Crippen MR) is 67.3 cm³/mol. The lowest BCUT2D eigenvalue weighted by Crippen LogP contribution is -2.31. The number of ether oxygens (including phenoxy) is 2. The average molecular weight is 253 g/mol. The maximum atomic E-state index is 11.1. The van der Waals surface area contributed by atoms with E-state index in [9.17, 15) is 9.59 Å². The van der Waals surface area contributed by atoms with Crippen molar-refractivity contribution < 1.29 is 19.1 Å². The van der Waals surface area contributed by atoms with E-state index in [4.69, 9.17) is 9.47 Å². The number of ketones is 1. The quantitative estimate of drug-likeness (QED) is 0.730. The van der Waals surface area contributed by atoms with Crippen LogP contribution in [0.3, 0.4) is 0 Å². The molecule has 0 aromatic carbocycles. The largest absolute Gasteiger partial charge is 0.450 e. The Bertz CT molecular complexity index is 344. The highest BCUT2D eigenvalue weighted by molar-refractivity contribution is 6.00. The monoisotopic (exact) mass is 253 g/mol. The maximum absolute atomic E-state index is 11.1. The minimum atomic E-state index is -0.537. The van der Waals surface area contributed by atoms with Crippen LogP contribution in [-0.4, -0.2) is 37.7 Å². The molecule has 5 heteroatoms. The molecule has 0 saturated carbocycles. The Labute approximate surface area is 107 Å². The second-order valence-electron chi connectivity index (χ2n) is 3.98. The molecule has 5 nitrogen and oxygen atoms in total. The lowest BCUT2D eigenvalue weighted by molar-refractivity contribution is -0.110. The maximum Gasteiger partial charge on any atom is 0.407 e. The number of methoxy groups -OCH3 is 1. The van der Waals surface area contributed by atoms with Gasteiger partial charge in [-0.15, -0.1) is 0 Å². The Morgan fingerprint density at radius 2 is 2.06 bits per heavy atom. The first-order valence-corrected chi connectivity index (χ1v) is 6.00. The summed E-state index contributed by atoms with van der Waals surface area (Å²) >= 11 is 0. The fraction of sp³-hybridized carbons (Fsp3) is 0.538. The summed E-state index contributed by atoms with van der Waals surface area (Å²) in [5.41, 5.74) is -0.537. The zero-order chi connectivity index (χ0) is 13.4. The van der Waals surface area contributed by atoms with Crippen molar-refractivity contribution in [3.63, 3.8) is 0 Å². The Morgan fingerprint density at radius 1 is 1.39 bits per heavy atom. The second-order valence-corrected chi connectivity index (χ2v) is 3.98. The van der Waals surface area contributed by atoms with Crippen molar-refractivity contribution in [1.29, 1.82) is 0 Å². The standard InChI is InChI=1S/C13H19NO4/c1-3-18-12(16)14-10-4-7-13(17-2)8-5-11(15)6-9-13/h5-6,8-9H,3-4,7,10H2,1-2H3,(H,14,16). The molecule has 100 valence electrons. The summed E-state index contributed by atoms with van der Waals surface area (Å²) in [6.07, 6.45) is 7.52. The summed E-state index contributed by atoms with van der Waals surface area (Å²) in [6.45, 7) is 2.63. The molecule has 1 amide bonds. The van der Waals surface area contributed by atoms with Crippen molar-refractivity contribution in [1.82, 2.24) is 5.32 Å². The number of carbonyl (C=O) groups excluding carboxylic acids is 2. The van der Waals surface area contributed by atoms with Crippen LogP contribution in [-0.2, 0) is 14.3 Å². The van der Waals surface area contributed by atoms with Gasteiger partial charge in [-0.05, 0) is 44.1 Å². The SMILES string of the molecule is CCOC(=O)NCCCC1(OC)C=CC(=O)C=C1. The van der Waals surface area contributed by atoms with Crippen molar-refractivity contribution in [2.75, 3.05) is 20.3 Å². The van der Waals surface area contributed by atoms with Gasteiger partial charge in [0.1, 0.15) is 5.60 Å². The highest BCUT2D eigenvalue weighted by Gasteiger charge is 2.25. The first kappa shape index (κ1) is 14.4. The Balaban J connectivity index is 2.33. The van der Waals surface area contributed by atoms with Gasteiger partial charge in [-0.25, -0.2) is 4.79 Å². The summed E-state index contributed by atoms with van der Waals surface area (Å²) in [5.74, 6) is -0.0349. The molecule has 1 aliphatic rings. The molecular formula is C13H19NO4. The average Bonchev–Trinajstić information content (AvgIpc) is 2.38. The van der Waals surface area contributed by atoms with Crippen LogP contribution >= 0.6 is 0 Å². The Morgan fingerprint density at radius 3 is 2.61 bits per heavy atom. The van der Waals surface area contributed by atoms with Gasteiger partial charge in [0, 0.05) is 13.7 Å². The van der Waals surface area contributed by atoms with Gasteiger partial charge in [-0.1, -0.05) is 0 Å². The molecule has 0 bridgehead atoms. The Kier molecular flexibility index (Phi) is 5.58. The molecule has 0 fully saturated rings. The van der Waals surface area contributed by atoms with E-state index in [1.165, 1.54) is 12.2 Å². The molecule has 0 heterocycles. The van der Waals surface area contributed by atoms with Crippen LogP contribution in [0.5, 0.6) is 0 Å². The molecule has 0 aliphatic heterocycles. The smallest absolute Gasteiger partial charge is 0.407 e. The highest BCUT2D eigenvalue weighted by Crippen LogP contribution is 2.23. The number of hydrogen-bond donors (Lipinski definition) is 1. The molecule has 1 N–H and O–H groups in total. The van der Waals surface area contributed by atoms with E-state index in [1.807, 2.05) is 0 Å².